The predicted octanol–water partition coefficient (Wildman–Crippen LogP) is 0.999. The van der Waals surface area contributed by atoms with Crippen molar-refractivity contribution in [3.63, 3.8) is 0 Å². The first-order chi connectivity index (χ1) is 4.54. The van der Waals surface area contributed by atoms with E-state index >= 15 is 0 Å². The molecule has 4 N–H and O–H groups in total. The van der Waals surface area contributed by atoms with Crippen molar-refractivity contribution in [2.45, 2.75) is 35.7 Å². The van der Waals surface area contributed by atoms with Gasteiger partial charge in [0.15, 0.2) is 0 Å². The van der Waals surface area contributed by atoms with Crippen molar-refractivity contribution in [1.29, 1.82) is 0 Å². The van der Waals surface area contributed by atoms with Crippen LogP contribution in [-0.4, -0.2) is 16.4 Å². The molecule has 0 radical (unpaired) electrons. The van der Waals surface area contributed by atoms with E-state index in [1.54, 1.807) is 0 Å². The van der Waals surface area contributed by atoms with Gasteiger partial charge in [0.25, 0.3) is 0 Å². The van der Waals surface area contributed by atoms with Crippen molar-refractivity contribution in [1.82, 2.24) is 0 Å². The molecule has 2 atom stereocenters. The number of hydrogen-bond acceptors (Lipinski definition) is 2. The molecule has 4 heteroatoms. The monoisotopic (exact) mass is 182 g/mol. The maximum Gasteiger partial charge on any atom is 0.0819 e. The van der Waals surface area contributed by atoms with Gasteiger partial charge in [-0.25, -0.2) is 0 Å². The Hall–Kier alpha value is 0.500. The fourth-order valence-electron chi connectivity index (χ4n) is 1.22. The molecule has 0 bridgehead atoms. The molecule has 1 aliphatic rings. The van der Waals surface area contributed by atoms with Gasteiger partial charge in [-0.2, -0.15) is 0 Å². The van der Waals surface area contributed by atoms with Crippen LogP contribution in [0.15, 0.2) is 0 Å². The normalized spacial score (nSPS) is 39.6. The summed E-state index contributed by atoms with van der Waals surface area (Å²) in [5.41, 5.74) is 10.6. The van der Waals surface area contributed by atoms with Gasteiger partial charge in [-0.1, -0.05) is 0 Å². The molecule has 0 aliphatic heterocycles. The third kappa shape index (κ3) is 1.56. The fourth-order valence-corrected chi connectivity index (χ4v) is 1.85. The molecule has 2 nitrogen and oxygen atoms in total. The van der Waals surface area contributed by atoms with Crippen molar-refractivity contribution in [3.05, 3.63) is 0 Å². The summed E-state index contributed by atoms with van der Waals surface area (Å²) in [6.07, 6.45) is 2.67. The summed E-state index contributed by atoms with van der Waals surface area (Å²) in [6, 6.07) is 0. The molecule has 2 unspecified atom stereocenters. The molecule has 60 valence electrons. The first-order valence-electron chi connectivity index (χ1n) is 3.40. The van der Waals surface area contributed by atoms with E-state index in [-0.39, 0.29) is 10.8 Å². The average molecular weight is 183 g/mol. The van der Waals surface area contributed by atoms with Crippen LogP contribution in [0.4, 0.5) is 0 Å². The lowest BCUT2D eigenvalue weighted by Gasteiger charge is -2.36. The van der Waals surface area contributed by atoms with Crippen LogP contribution in [0.1, 0.15) is 19.3 Å². The van der Waals surface area contributed by atoms with E-state index in [4.69, 9.17) is 34.7 Å². The molecule has 0 amide bonds. The van der Waals surface area contributed by atoms with Crippen LogP contribution in [0.3, 0.4) is 0 Å². The lowest BCUT2D eigenvalue weighted by molar-refractivity contribution is 0.317. The van der Waals surface area contributed by atoms with Crippen LogP contribution in [0, 0.1) is 0 Å². The van der Waals surface area contributed by atoms with Crippen LogP contribution in [0.25, 0.3) is 0 Å². The molecule has 10 heavy (non-hydrogen) atoms. The van der Waals surface area contributed by atoms with Gasteiger partial charge in [0, 0.05) is 0 Å². The van der Waals surface area contributed by atoms with E-state index < -0.39 is 5.66 Å². The summed E-state index contributed by atoms with van der Waals surface area (Å²) < 4.78 is 0. The zero-order chi connectivity index (χ0) is 7.78. The maximum atomic E-state index is 5.88. The number of nitrogens with two attached hydrogens (primary N) is 2. The van der Waals surface area contributed by atoms with Gasteiger partial charge in [-0.05, 0) is 19.3 Å². The molecule has 0 aromatic carbocycles. The maximum absolute atomic E-state index is 5.88. The van der Waals surface area contributed by atoms with Crippen LogP contribution in [0.5, 0.6) is 0 Å². The smallest absolute Gasteiger partial charge is 0.0819 e. The highest BCUT2D eigenvalue weighted by atomic mass is 35.5. The number of alkyl halides is 2. The Kier molecular flexibility index (Phi) is 2.46. The van der Waals surface area contributed by atoms with Gasteiger partial charge in [-0.15, -0.1) is 23.2 Å². The Morgan fingerprint density at radius 1 is 1.30 bits per heavy atom. The van der Waals surface area contributed by atoms with E-state index in [1.165, 1.54) is 0 Å². The Balaban J connectivity index is 2.60. The first kappa shape index (κ1) is 8.60. The van der Waals surface area contributed by atoms with E-state index in [1.807, 2.05) is 0 Å². The van der Waals surface area contributed by atoms with Gasteiger partial charge < -0.3 is 11.5 Å². The summed E-state index contributed by atoms with van der Waals surface area (Å²) >= 11 is 11.7. The molecule has 0 aromatic heterocycles. The third-order valence-corrected chi connectivity index (χ3v) is 3.23. The summed E-state index contributed by atoms with van der Waals surface area (Å²) in [4.78, 5) is 0. The van der Waals surface area contributed by atoms with Gasteiger partial charge in [0.1, 0.15) is 0 Å². The highest BCUT2D eigenvalue weighted by Gasteiger charge is 2.37. The van der Waals surface area contributed by atoms with Crippen molar-refractivity contribution < 1.29 is 0 Å². The lowest BCUT2D eigenvalue weighted by atomic mass is 9.90. The minimum Gasteiger partial charge on any atom is -0.312 e. The molecule has 0 saturated heterocycles. The van der Waals surface area contributed by atoms with Gasteiger partial charge in [0.2, 0.25) is 0 Å². The summed E-state index contributed by atoms with van der Waals surface area (Å²) in [5.74, 6) is 0. The number of halogens is 2. The van der Waals surface area contributed by atoms with Crippen LogP contribution < -0.4 is 11.5 Å². The van der Waals surface area contributed by atoms with Crippen molar-refractivity contribution in [2.75, 3.05) is 0 Å². The molecule has 0 aromatic rings. The fraction of sp³-hybridized carbons (Fsp3) is 1.00. The van der Waals surface area contributed by atoms with Gasteiger partial charge >= 0.3 is 0 Å². The zero-order valence-corrected chi connectivity index (χ0v) is 7.20. The van der Waals surface area contributed by atoms with E-state index in [0.717, 1.165) is 19.3 Å². The quantitative estimate of drug-likeness (QED) is 0.434. The second-order valence-electron chi connectivity index (χ2n) is 2.92. The first-order valence-corrected chi connectivity index (χ1v) is 4.27. The van der Waals surface area contributed by atoms with E-state index in [9.17, 15) is 0 Å². The lowest BCUT2D eigenvalue weighted by Crippen LogP contribution is -2.61. The average Bonchev–Trinajstić information content (AvgIpc) is 1.83. The SMILES string of the molecule is NC1(N)CCCC(Cl)C1Cl. The Labute approximate surface area is 70.8 Å². The minimum atomic E-state index is -0.758. The van der Waals surface area contributed by atoms with Crippen LogP contribution in [-0.2, 0) is 0 Å². The molecule has 1 fully saturated rings. The van der Waals surface area contributed by atoms with Crippen LogP contribution in [0.2, 0.25) is 0 Å². The third-order valence-electron chi connectivity index (χ3n) is 1.92. The zero-order valence-electron chi connectivity index (χ0n) is 5.69. The molecule has 1 saturated carbocycles. The van der Waals surface area contributed by atoms with Crippen LogP contribution >= 0.6 is 23.2 Å². The minimum absolute atomic E-state index is 0.0644. The van der Waals surface area contributed by atoms with Crippen molar-refractivity contribution in [3.8, 4) is 0 Å². The Morgan fingerprint density at radius 2 is 1.90 bits per heavy atom. The molecule has 1 rings (SSSR count). The number of hydrogen-bond donors (Lipinski definition) is 2. The molecule has 0 heterocycles. The molecular weight excluding hydrogens is 171 g/mol. The summed E-state index contributed by atoms with van der Waals surface area (Å²) in [7, 11) is 0. The number of rotatable bonds is 0. The predicted molar refractivity (Wildman–Crippen MR) is 44.2 cm³/mol. The Morgan fingerprint density at radius 3 is 2.30 bits per heavy atom. The Bertz CT molecular complexity index is 127. The second-order valence-corrected chi connectivity index (χ2v) is 3.95. The van der Waals surface area contributed by atoms with Gasteiger partial charge in [-0.3, -0.25) is 0 Å². The molecule has 1 aliphatic carbocycles. The molecular formula is C6H12Cl2N2. The largest absolute Gasteiger partial charge is 0.312 e. The summed E-state index contributed by atoms with van der Waals surface area (Å²) in [6.45, 7) is 0. The van der Waals surface area contributed by atoms with E-state index in [0.29, 0.717) is 0 Å². The van der Waals surface area contributed by atoms with Crippen molar-refractivity contribution >= 4 is 23.2 Å². The van der Waals surface area contributed by atoms with Crippen molar-refractivity contribution in [2.24, 2.45) is 11.5 Å². The second kappa shape index (κ2) is 2.86. The highest BCUT2D eigenvalue weighted by molar-refractivity contribution is 6.30. The summed E-state index contributed by atoms with van der Waals surface area (Å²) in [5, 5.41) is -0.353. The van der Waals surface area contributed by atoms with E-state index in [2.05, 4.69) is 0 Å². The van der Waals surface area contributed by atoms with Gasteiger partial charge in [0.05, 0.1) is 16.4 Å². The standard InChI is InChI=1S/C6H12Cl2N2/c7-4-2-1-3-6(9,10)5(4)8/h4-5H,1-3,9-10H2. The topological polar surface area (TPSA) is 52.0 Å². The molecule has 0 spiro atoms. The highest BCUT2D eigenvalue weighted by Crippen LogP contribution is 2.30.